The van der Waals surface area contributed by atoms with Gasteiger partial charge in [-0.3, -0.25) is 4.79 Å². The van der Waals surface area contributed by atoms with E-state index >= 15 is 0 Å². The van der Waals surface area contributed by atoms with E-state index in [1.165, 1.54) is 17.0 Å². The van der Waals surface area contributed by atoms with Crippen LogP contribution in [-0.4, -0.2) is 37.3 Å². The lowest BCUT2D eigenvalue weighted by Crippen LogP contribution is -2.39. The lowest BCUT2D eigenvalue weighted by atomic mass is 10.1. The fourth-order valence-corrected chi connectivity index (χ4v) is 3.61. The Morgan fingerprint density at radius 1 is 1.03 bits per heavy atom. The molecule has 5 rings (SSSR count). The van der Waals surface area contributed by atoms with Crippen molar-refractivity contribution in [1.29, 1.82) is 0 Å². The first kappa shape index (κ1) is 19.2. The number of halogens is 4. The van der Waals surface area contributed by atoms with Gasteiger partial charge in [-0.05, 0) is 42.5 Å². The molecule has 0 saturated carbocycles. The van der Waals surface area contributed by atoms with Crippen molar-refractivity contribution in [3.8, 4) is 11.3 Å². The summed E-state index contributed by atoms with van der Waals surface area (Å²) >= 11 is 0. The van der Waals surface area contributed by atoms with Crippen LogP contribution in [0.15, 0.2) is 47.0 Å². The SMILES string of the molecule is O=C(c1ccc2noc(-c3ccc(F)cc3)c2c1)N1CCn2c(nnc2C(F)(F)F)C1. The smallest absolute Gasteiger partial charge is 0.355 e. The van der Waals surface area contributed by atoms with Gasteiger partial charge >= 0.3 is 6.18 Å². The molecule has 2 aromatic carbocycles. The predicted octanol–water partition coefficient (Wildman–Crippen LogP) is 3.90. The molecule has 0 N–H and O–H groups in total. The lowest BCUT2D eigenvalue weighted by molar-refractivity contribution is -0.147. The van der Waals surface area contributed by atoms with E-state index in [9.17, 15) is 22.4 Å². The van der Waals surface area contributed by atoms with E-state index in [1.54, 1.807) is 30.3 Å². The van der Waals surface area contributed by atoms with E-state index < -0.39 is 17.8 Å². The highest BCUT2D eigenvalue weighted by Crippen LogP contribution is 2.31. The normalized spacial score (nSPS) is 14.1. The topological polar surface area (TPSA) is 77.0 Å². The predicted molar refractivity (Wildman–Crippen MR) is 99.2 cm³/mol. The van der Waals surface area contributed by atoms with E-state index in [2.05, 4.69) is 15.4 Å². The number of nitrogens with zero attached hydrogens (tertiary/aromatic N) is 5. The zero-order valence-electron chi connectivity index (χ0n) is 15.7. The lowest BCUT2D eigenvalue weighted by Gasteiger charge is -2.28. The van der Waals surface area contributed by atoms with E-state index in [-0.39, 0.29) is 31.4 Å². The Morgan fingerprint density at radius 3 is 2.55 bits per heavy atom. The molecule has 3 heterocycles. The van der Waals surface area contributed by atoms with Gasteiger partial charge in [0.1, 0.15) is 11.3 Å². The molecule has 1 aliphatic heterocycles. The minimum atomic E-state index is -4.60. The maximum absolute atomic E-state index is 13.2. The van der Waals surface area contributed by atoms with Crippen molar-refractivity contribution in [3.63, 3.8) is 0 Å². The number of amides is 1. The van der Waals surface area contributed by atoms with Gasteiger partial charge in [0, 0.05) is 24.2 Å². The molecule has 0 bridgehead atoms. The molecule has 0 atom stereocenters. The van der Waals surface area contributed by atoms with Crippen LogP contribution in [0, 0.1) is 5.82 Å². The number of hydrogen-bond donors (Lipinski definition) is 0. The van der Waals surface area contributed by atoms with E-state index in [1.807, 2.05) is 0 Å². The molecule has 0 saturated heterocycles. The number of benzene rings is 2. The van der Waals surface area contributed by atoms with E-state index in [0.717, 1.165) is 4.57 Å². The number of aromatic nitrogens is 4. The third kappa shape index (κ3) is 3.31. The molecule has 1 aliphatic rings. The van der Waals surface area contributed by atoms with Crippen molar-refractivity contribution < 1.29 is 26.9 Å². The maximum Gasteiger partial charge on any atom is 0.451 e. The minimum absolute atomic E-state index is 0.0563. The average Bonchev–Trinajstić information content (AvgIpc) is 3.37. The zero-order valence-corrected chi connectivity index (χ0v) is 15.7. The molecular weight excluding hydrogens is 418 g/mol. The van der Waals surface area contributed by atoms with Crippen LogP contribution in [0.25, 0.3) is 22.2 Å². The Bertz CT molecular complexity index is 1290. The molecular formula is C20H13F4N5O2. The fraction of sp³-hybridized carbons (Fsp3) is 0.200. The van der Waals surface area contributed by atoms with Gasteiger partial charge in [0.25, 0.3) is 5.91 Å². The summed E-state index contributed by atoms with van der Waals surface area (Å²) in [6.45, 7) is -0.0624. The number of fused-ring (bicyclic) bond motifs is 2. The molecule has 4 aromatic rings. The van der Waals surface area contributed by atoms with Gasteiger partial charge in [-0.1, -0.05) is 5.16 Å². The van der Waals surface area contributed by atoms with Crippen LogP contribution in [0.3, 0.4) is 0 Å². The Labute approximate surface area is 171 Å². The van der Waals surface area contributed by atoms with Crippen LogP contribution in [0.4, 0.5) is 17.6 Å². The van der Waals surface area contributed by atoms with Crippen molar-refractivity contribution >= 4 is 16.8 Å². The molecule has 31 heavy (non-hydrogen) atoms. The van der Waals surface area contributed by atoms with E-state index in [0.29, 0.717) is 27.8 Å². The van der Waals surface area contributed by atoms with Gasteiger partial charge in [0.05, 0.1) is 11.9 Å². The number of alkyl halides is 3. The first-order valence-electron chi connectivity index (χ1n) is 9.25. The van der Waals surface area contributed by atoms with Gasteiger partial charge < -0.3 is 14.0 Å². The second-order valence-electron chi connectivity index (χ2n) is 7.07. The molecule has 0 unspecified atom stereocenters. The van der Waals surface area contributed by atoms with Crippen LogP contribution >= 0.6 is 0 Å². The molecule has 0 spiro atoms. The van der Waals surface area contributed by atoms with Crippen molar-refractivity contribution in [2.75, 3.05) is 6.54 Å². The Hall–Kier alpha value is -3.76. The highest BCUT2D eigenvalue weighted by Gasteiger charge is 2.40. The molecule has 0 aliphatic carbocycles. The van der Waals surface area contributed by atoms with Gasteiger partial charge in [0.15, 0.2) is 11.6 Å². The summed E-state index contributed by atoms with van der Waals surface area (Å²) in [4.78, 5) is 14.4. The molecule has 11 heteroatoms. The summed E-state index contributed by atoms with van der Waals surface area (Å²) in [5.41, 5.74) is 1.44. The highest BCUT2D eigenvalue weighted by molar-refractivity contribution is 6.01. The number of carbonyl (C=O) groups is 1. The summed E-state index contributed by atoms with van der Waals surface area (Å²) in [5, 5.41) is 11.3. The van der Waals surface area contributed by atoms with Crippen LogP contribution in [0.1, 0.15) is 22.0 Å². The number of carbonyl (C=O) groups excluding carboxylic acids is 1. The molecule has 0 radical (unpaired) electrons. The fourth-order valence-electron chi connectivity index (χ4n) is 3.61. The molecule has 2 aromatic heterocycles. The summed E-state index contributed by atoms with van der Waals surface area (Å²) in [6, 6.07) is 10.5. The van der Waals surface area contributed by atoms with Crippen LogP contribution in [-0.2, 0) is 19.3 Å². The van der Waals surface area contributed by atoms with Gasteiger partial charge in [-0.15, -0.1) is 10.2 Å². The minimum Gasteiger partial charge on any atom is -0.355 e. The third-order valence-electron chi connectivity index (χ3n) is 5.12. The van der Waals surface area contributed by atoms with Crippen LogP contribution < -0.4 is 0 Å². The van der Waals surface area contributed by atoms with Crippen molar-refractivity contribution in [2.45, 2.75) is 19.3 Å². The maximum atomic E-state index is 13.2. The second-order valence-corrected chi connectivity index (χ2v) is 7.07. The summed E-state index contributed by atoms with van der Waals surface area (Å²) < 4.78 is 58.6. The van der Waals surface area contributed by atoms with Crippen molar-refractivity contribution in [3.05, 3.63) is 65.5 Å². The largest absolute Gasteiger partial charge is 0.451 e. The first-order chi connectivity index (χ1) is 14.8. The third-order valence-corrected chi connectivity index (χ3v) is 5.12. The highest BCUT2D eigenvalue weighted by atomic mass is 19.4. The van der Waals surface area contributed by atoms with Crippen molar-refractivity contribution in [2.24, 2.45) is 0 Å². The van der Waals surface area contributed by atoms with Crippen molar-refractivity contribution in [1.82, 2.24) is 24.8 Å². The first-order valence-corrected chi connectivity index (χ1v) is 9.25. The van der Waals surface area contributed by atoms with Gasteiger partial charge in [-0.2, -0.15) is 13.2 Å². The molecule has 0 fully saturated rings. The number of rotatable bonds is 2. The zero-order chi connectivity index (χ0) is 21.8. The second kappa shape index (κ2) is 6.89. The monoisotopic (exact) mass is 431 g/mol. The quantitative estimate of drug-likeness (QED) is 0.450. The standard InChI is InChI=1S/C20H13F4N5O2/c21-13-4-1-11(2-5-13)17-14-9-12(3-6-15(14)27-31-17)18(30)28-7-8-29-16(10-28)25-26-19(29)20(22,23)24/h1-6,9H,7-8,10H2. The molecule has 158 valence electrons. The average molecular weight is 431 g/mol. The van der Waals surface area contributed by atoms with E-state index in [4.69, 9.17) is 4.52 Å². The summed E-state index contributed by atoms with van der Waals surface area (Å²) in [7, 11) is 0. The summed E-state index contributed by atoms with van der Waals surface area (Å²) in [6.07, 6.45) is -4.60. The molecule has 1 amide bonds. The summed E-state index contributed by atoms with van der Waals surface area (Å²) in [5.74, 6) is -1.36. The van der Waals surface area contributed by atoms with Gasteiger partial charge in [0.2, 0.25) is 5.82 Å². The Balaban J connectivity index is 1.45. The van der Waals surface area contributed by atoms with Crippen LogP contribution in [0.5, 0.6) is 0 Å². The Morgan fingerprint density at radius 2 is 1.81 bits per heavy atom. The number of hydrogen-bond acceptors (Lipinski definition) is 5. The van der Waals surface area contributed by atoms with Gasteiger partial charge in [-0.25, -0.2) is 4.39 Å². The molecule has 7 nitrogen and oxygen atoms in total. The Kier molecular flexibility index (Phi) is 4.27. The van der Waals surface area contributed by atoms with Crippen LogP contribution in [0.2, 0.25) is 0 Å².